The Hall–Kier alpha value is -1.92. The summed E-state index contributed by atoms with van der Waals surface area (Å²) in [5.41, 5.74) is 1.30. The van der Waals surface area contributed by atoms with Gasteiger partial charge in [-0.2, -0.15) is 5.90 Å². The van der Waals surface area contributed by atoms with Crippen molar-refractivity contribution in [1.29, 1.82) is 0 Å². The Labute approximate surface area is 136 Å². The van der Waals surface area contributed by atoms with Crippen LogP contribution in [0.2, 0.25) is 0 Å². The highest BCUT2D eigenvalue weighted by atomic mass is 16.7. The van der Waals surface area contributed by atoms with E-state index in [0.717, 1.165) is 32.5 Å². The fraction of sp³-hybridized carbons (Fsp3) is 0.529. The van der Waals surface area contributed by atoms with Crippen LogP contribution in [0.4, 0.5) is 0 Å². The zero-order chi connectivity index (χ0) is 16.2. The largest absolute Gasteiger partial charge is 0.372 e. The maximum absolute atomic E-state index is 12.1. The molecule has 6 nitrogen and oxygen atoms in total. The van der Waals surface area contributed by atoms with E-state index in [1.54, 1.807) is 4.90 Å². The molecule has 1 atom stereocenters. The van der Waals surface area contributed by atoms with Gasteiger partial charge in [0.2, 0.25) is 5.91 Å². The monoisotopic (exact) mass is 317 g/mol. The second-order valence-electron chi connectivity index (χ2n) is 6.29. The summed E-state index contributed by atoms with van der Waals surface area (Å²) in [5, 5.41) is 0. The van der Waals surface area contributed by atoms with E-state index < -0.39 is 12.0 Å². The average molecular weight is 317 g/mol. The maximum atomic E-state index is 12.1. The van der Waals surface area contributed by atoms with Crippen molar-refractivity contribution in [2.24, 2.45) is 5.90 Å². The second kappa shape index (κ2) is 7.10. The van der Waals surface area contributed by atoms with Gasteiger partial charge in [0.25, 0.3) is 0 Å². The highest BCUT2D eigenvalue weighted by Crippen LogP contribution is 2.28. The van der Waals surface area contributed by atoms with Crippen molar-refractivity contribution in [2.45, 2.75) is 44.3 Å². The summed E-state index contributed by atoms with van der Waals surface area (Å²) in [5.74, 6) is 4.55. The predicted molar refractivity (Wildman–Crippen MR) is 84.9 cm³/mol. The summed E-state index contributed by atoms with van der Waals surface area (Å²) < 4.78 is 0. The number of carbonyl (C=O) groups excluding carboxylic acids is 2. The number of hydrogen-bond donors (Lipinski definition) is 1. The van der Waals surface area contributed by atoms with Crippen molar-refractivity contribution >= 4 is 11.9 Å². The number of rotatable bonds is 4. The quantitative estimate of drug-likeness (QED) is 0.840. The van der Waals surface area contributed by atoms with E-state index in [4.69, 9.17) is 5.90 Å². The molecular formula is C17H23N3O3. The standard InChI is InChI=1S/C17H23N3O3/c18-23-17(22)15-6-7-16(21)20(15)14-8-10-19(11-9-14)12-13-4-2-1-3-5-13/h1-5,14-15H,6-12,18H2/t15-/m1/s1. The summed E-state index contributed by atoms with van der Waals surface area (Å²) in [7, 11) is 0. The van der Waals surface area contributed by atoms with Crippen LogP contribution in [0.25, 0.3) is 0 Å². The van der Waals surface area contributed by atoms with Crippen LogP contribution in [-0.2, 0) is 21.0 Å². The van der Waals surface area contributed by atoms with Crippen LogP contribution in [0.15, 0.2) is 30.3 Å². The van der Waals surface area contributed by atoms with Gasteiger partial charge < -0.3 is 9.74 Å². The van der Waals surface area contributed by atoms with Gasteiger partial charge >= 0.3 is 5.97 Å². The smallest absolute Gasteiger partial charge is 0.347 e. The summed E-state index contributed by atoms with van der Waals surface area (Å²) in [4.78, 5) is 32.4. The minimum Gasteiger partial charge on any atom is -0.372 e. The van der Waals surface area contributed by atoms with E-state index >= 15 is 0 Å². The van der Waals surface area contributed by atoms with E-state index in [2.05, 4.69) is 21.9 Å². The van der Waals surface area contributed by atoms with Gasteiger partial charge in [-0.25, -0.2) is 4.79 Å². The number of piperidine rings is 1. The zero-order valence-corrected chi connectivity index (χ0v) is 13.2. The third kappa shape index (κ3) is 3.54. The van der Waals surface area contributed by atoms with Gasteiger partial charge in [0.05, 0.1) is 0 Å². The molecule has 1 amide bonds. The third-order valence-corrected chi connectivity index (χ3v) is 4.84. The van der Waals surface area contributed by atoms with E-state index in [-0.39, 0.29) is 11.9 Å². The lowest BCUT2D eigenvalue weighted by atomic mass is 10.0. The highest BCUT2D eigenvalue weighted by molar-refractivity contribution is 5.88. The molecule has 0 aromatic heterocycles. The van der Waals surface area contributed by atoms with Gasteiger partial charge in [-0.3, -0.25) is 9.69 Å². The molecule has 2 aliphatic rings. The number of nitrogens with two attached hydrogens (primary N) is 1. The first-order valence-corrected chi connectivity index (χ1v) is 8.17. The van der Waals surface area contributed by atoms with Crippen LogP contribution in [0.3, 0.4) is 0 Å². The topological polar surface area (TPSA) is 75.9 Å². The van der Waals surface area contributed by atoms with Crippen molar-refractivity contribution in [2.75, 3.05) is 13.1 Å². The first kappa shape index (κ1) is 16.0. The number of hydrogen-bond acceptors (Lipinski definition) is 5. The Morgan fingerprint density at radius 1 is 1.17 bits per heavy atom. The fourth-order valence-electron chi connectivity index (χ4n) is 3.67. The molecule has 1 aromatic carbocycles. The molecule has 2 fully saturated rings. The number of likely N-dealkylation sites (tertiary alicyclic amines) is 2. The van der Waals surface area contributed by atoms with E-state index in [0.29, 0.717) is 12.8 Å². The SMILES string of the molecule is NOC(=O)[C@H]1CCC(=O)N1C1CCN(Cc2ccccc2)CC1. The maximum Gasteiger partial charge on any atom is 0.347 e. The molecule has 23 heavy (non-hydrogen) atoms. The normalized spacial score (nSPS) is 23.3. The van der Waals surface area contributed by atoms with Crippen LogP contribution in [-0.4, -0.2) is 46.8 Å². The molecular weight excluding hydrogens is 294 g/mol. The minimum absolute atomic E-state index is 0.0434. The molecule has 6 heteroatoms. The van der Waals surface area contributed by atoms with Crippen LogP contribution in [0.1, 0.15) is 31.2 Å². The molecule has 124 valence electrons. The van der Waals surface area contributed by atoms with Crippen molar-refractivity contribution in [3.63, 3.8) is 0 Å². The van der Waals surface area contributed by atoms with Crippen molar-refractivity contribution in [3.8, 4) is 0 Å². The summed E-state index contributed by atoms with van der Waals surface area (Å²) >= 11 is 0. The Kier molecular flexibility index (Phi) is 4.93. The van der Waals surface area contributed by atoms with Gasteiger partial charge in [0, 0.05) is 32.1 Å². The van der Waals surface area contributed by atoms with Gasteiger partial charge in [-0.1, -0.05) is 30.3 Å². The van der Waals surface area contributed by atoms with E-state index in [9.17, 15) is 9.59 Å². The molecule has 2 heterocycles. The van der Waals surface area contributed by atoms with Gasteiger partial charge in [0.1, 0.15) is 6.04 Å². The van der Waals surface area contributed by atoms with Crippen LogP contribution >= 0.6 is 0 Å². The predicted octanol–water partition coefficient (Wildman–Crippen LogP) is 1.06. The molecule has 0 aliphatic carbocycles. The number of nitrogens with zero attached hydrogens (tertiary/aromatic N) is 2. The summed E-state index contributed by atoms with van der Waals surface area (Å²) in [6.45, 7) is 2.78. The Bertz CT molecular complexity index is 555. The van der Waals surface area contributed by atoms with E-state index in [1.165, 1.54) is 5.56 Å². The summed E-state index contributed by atoms with van der Waals surface area (Å²) in [6, 6.07) is 9.99. The number of benzene rings is 1. The molecule has 3 rings (SSSR count). The van der Waals surface area contributed by atoms with Crippen molar-refractivity contribution < 1.29 is 14.4 Å². The molecule has 0 bridgehead atoms. The molecule has 0 saturated carbocycles. The molecule has 0 spiro atoms. The Balaban J connectivity index is 1.57. The minimum atomic E-state index is -0.502. The zero-order valence-electron chi connectivity index (χ0n) is 13.2. The third-order valence-electron chi connectivity index (χ3n) is 4.84. The van der Waals surface area contributed by atoms with Crippen LogP contribution in [0, 0.1) is 0 Å². The Morgan fingerprint density at radius 2 is 1.87 bits per heavy atom. The number of amides is 1. The lowest BCUT2D eigenvalue weighted by Crippen LogP contribution is -2.51. The van der Waals surface area contributed by atoms with Crippen LogP contribution < -0.4 is 5.90 Å². The van der Waals surface area contributed by atoms with Gasteiger partial charge in [-0.15, -0.1) is 0 Å². The first-order chi connectivity index (χ1) is 11.2. The first-order valence-electron chi connectivity index (χ1n) is 8.17. The molecule has 0 radical (unpaired) electrons. The molecule has 1 aromatic rings. The van der Waals surface area contributed by atoms with Crippen molar-refractivity contribution in [1.82, 2.24) is 9.80 Å². The average Bonchev–Trinajstić information content (AvgIpc) is 2.97. The molecule has 0 unspecified atom stereocenters. The van der Waals surface area contributed by atoms with Gasteiger partial charge in [-0.05, 0) is 24.8 Å². The molecule has 2 saturated heterocycles. The number of carbonyl (C=O) groups is 2. The second-order valence-corrected chi connectivity index (χ2v) is 6.29. The summed E-state index contributed by atoms with van der Waals surface area (Å²) in [6.07, 6.45) is 2.68. The highest BCUT2D eigenvalue weighted by Gasteiger charge is 2.41. The molecule has 2 N–H and O–H groups in total. The fourth-order valence-corrected chi connectivity index (χ4v) is 3.67. The van der Waals surface area contributed by atoms with Crippen LogP contribution in [0.5, 0.6) is 0 Å². The lowest BCUT2D eigenvalue weighted by Gasteiger charge is -2.38. The molecule has 2 aliphatic heterocycles. The van der Waals surface area contributed by atoms with Gasteiger partial charge in [0.15, 0.2) is 0 Å². The Morgan fingerprint density at radius 3 is 2.52 bits per heavy atom. The van der Waals surface area contributed by atoms with E-state index in [1.807, 2.05) is 18.2 Å². The lowest BCUT2D eigenvalue weighted by molar-refractivity contribution is -0.154. The van der Waals surface area contributed by atoms with Crippen molar-refractivity contribution in [3.05, 3.63) is 35.9 Å².